The first kappa shape index (κ1) is 12.0. The zero-order chi connectivity index (χ0) is 13.3. The fourth-order valence-corrected chi connectivity index (χ4v) is 1.48. The molecule has 0 amide bonds. The third-order valence-electron chi connectivity index (χ3n) is 2.65. The largest absolute Gasteiger partial charge is 0.295 e. The molecule has 0 bridgehead atoms. The number of nitrogens with zero attached hydrogens (tertiary/aromatic N) is 4. The third kappa shape index (κ3) is 2.02. The molecule has 1 heterocycles. The van der Waals surface area contributed by atoms with Crippen LogP contribution in [-0.2, 0) is 4.79 Å². The van der Waals surface area contributed by atoms with Crippen molar-refractivity contribution in [2.75, 3.05) is 0 Å². The van der Waals surface area contributed by atoms with E-state index >= 15 is 0 Å². The highest BCUT2D eigenvalue weighted by Crippen LogP contribution is 2.32. The molecule has 0 spiro atoms. The molecule has 7 heteroatoms. The number of rotatable bonds is 4. The van der Waals surface area contributed by atoms with Gasteiger partial charge in [0.15, 0.2) is 5.78 Å². The Morgan fingerprint density at radius 3 is 2.33 bits per heavy atom. The summed E-state index contributed by atoms with van der Waals surface area (Å²) >= 11 is 0. The van der Waals surface area contributed by atoms with Crippen LogP contribution < -0.4 is 0 Å². The van der Waals surface area contributed by atoms with Crippen molar-refractivity contribution in [3.8, 4) is 0 Å². The number of hydrogen-bond donors (Lipinski definition) is 0. The molecule has 1 aromatic carbocycles. The maximum Gasteiger partial charge on any atom is 0.269 e. The molecule has 0 aliphatic carbocycles. The van der Waals surface area contributed by atoms with Gasteiger partial charge in [-0.3, -0.25) is 14.9 Å². The zero-order valence-corrected chi connectivity index (χ0v) is 9.82. The van der Waals surface area contributed by atoms with Gasteiger partial charge in [0.2, 0.25) is 0 Å². The van der Waals surface area contributed by atoms with E-state index in [1.54, 1.807) is 6.92 Å². The van der Waals surface area contributed by atoms with E-state index in [-0.39, 0.29) is 11.5 Å². The molecule has 0 aromatic heterocycles. The van der Waals surface area contributed by atoms with E-state index < -0.39 is 10.6 Å². The molecule has 1 aliphatic rings. The van der Waals surface area contributed by atoms with Crippen LogP contribution in [0.25, 0.3) is 0 Å². The van der Waals surface area contributed by atoms with Gasteiger partial charge in [-0.1, -0.05) is 0 Å². The average Bonchev–Trinajstić information content (AvgIpc) is 2.99. The van der Waals surface area contributed by atoms with Gasteiger partial charge < -0.3 is 0 Å². The fourth-order valence-electron chi connectivity index (χ4n) is 1.48. The van der Waals surface area contributed by atoms with Crippen molar-refractivity contribution in [1.82, 2.24) is 0 Å². The Kier molecular flexibility index (Phi) is 2.74. The molecule has 0 saturated heterocycles. The zero-order valence-electron chi connectivity index (χ0n) is 9.82. The van der Waals surface area contributed by atoms with Crippen molar-refractivity contribution in [2.45, 2.75) is 19.5 Å². The van der Waals surface area contributed by atoms with Crippen LogP contribution in [0.15, 0.2) is 39.5 Å². The average molecular weight is 246 g/mol. The summed E-state index contributed by atoms with van der Waals surface area (Å²) < 4.78 is 0. The Hall–Kier alpha value is -2.44. The lowest BCUT2D eigenvalue weighted by atomic mass is 10.1. The van der Waals surface area contributed by atoms with Crippen LogP contribution in [-0.4, -0.2) is 22.1 Å². The van der Waals surface area contributed by atoms with Gasteiger partial charge in [0.1, 0.15) is 0 Å². The highest BCUT2D eigenvalue weighted by Gasteiger charge is 2.49. The van der Waals surface area contributed by atoms with Gasteiger partial charge >= 0.3 is 0 Å². The quantitative estimate of drug-likeness (QED) is 0.463. The summed E-state index contributed by atoms with van der Waals surface area (Å²) in [5.41, 5.74) is -0.0761. The van der Waals surface area contributed by atoms with Crippen LogP contribution >= 0.6 is 0 Å². The summed E-state index contributed by atoms with van der Waals surface area (Å²) in [5, 5.41) is 18.2. The SMILES string of the molecule is CC(=O)C1(N=Nc2ccc([N+](=O)[O-])cc2)N=C1C. The Morgan fingerprint density at radius 1 is 1.39 bits per heavy atom. The predicted molar refractivity (Wildman–Crippen MR) is 64.1 cm³/mol. The molecule has 1 unspecified atom stereocenters. The second-order valence-electron chi connectivity index (χ2n) is 3.90. The monoisotopic (exact) mass is 246 g/mol. The number of nitro benzene ring substituents is 1. The molecule has 2 rings (SSSR count). The Labute approximate surface area is 102 Å². The minimum Gasteiger partial charge on any atom is -0.295 e. The van der Waals surface area contributed by atoms with Crippen molar-refractivity contribution >= 4 is 22.9 Å². The molecule has 7 nitrogen and oxygen atoms in total. The van der Waals surface area contributed by atoms with E-state index in [0.29, 0.717) is 11.4 Å². The molecule has 18 heavy (non-hydrogen) atoms. The molecule has 0 fully saturated rings. The summed E-state index contributed by atoms with van der Waals surface area (Å²) in [6, 6.07) is 5.59. The molecule has 1 aliphatic heterocycles. The lowest BCUT2D eigenvalue weighted by molar-refractivity contribution is -0.384. The second-order valence-corrected chi connectivity index (χ2v) is 3.90. The molecular weight excluding hydrogens is 236 g/mol. The molecule has 0 N–H and O–H groups in total. The van der Waals surface area contributed by atoms with Gasteiger partial charge in [0.25, 0.3) is 11.4 Å². The fraction of sp³-hybridized carbons (Fsp3) is 0.273. The predicted octanol–water partition coefficient (Wildman–Crippen LogP) is 2.44. The summed E-state index contributed by atoms with van der Waals surface area (Å²) in [5.74, 6) is -0.189. The Bertz CT molecular complexity index is 576. The maximum absolute atomic E-state index is 11.3. The molecule has 0 saturated carbocycles. The van der Waals surface area contributed by atoms with Gasteiger partial charge in [0.05, 0.1) is 16.3 Å². The number of carbonyl (C=O) groups excluding carboxylic acids is 1. The molecule has 0 radical (unpaired) electrons. The van der Waals surface area contributed by atoms with Crippen LogP contribution in [0, 0.1) is 10.1 Å². The lowest BCUT2D eigenvalue weighted by Gasteiger charge is -2.01. The Morgan fingerprint density at radius 2 is 1.94 bits per heavy atom. The number of carbonyl (C=O) groups is 1. The highest BCUT2D eigenvalue weighted by atomic mass is 16.6. The van der Waals surface area contributed by atoms with E-state index in [1.165, 1.54) is 31.2 Å². The first-order valence-corrected chi connectivity index (χ1v) is 5.21. The van der Waals surface area contributed by atoms with E-state index in [4.69, 9.17) is 0 Å². The molecule has 1 atom stereocenters. The topological polar surface area (TPSA) is 97.3 Å². The number of aliphatic imine (C=N–C) groups is 1. The van der Waals surface area contributed by atoms with Crippen molar-refractivity contribution in [3.05, 3.63) is 34.4 Å². The number of ketones is 1. The lowest BCUT2D eigenvalue weighted by Crippen LogP contribution is -2.23. The van der Waals surface area contributed by atoms with Crippen LogP contribution in [0.1, 0.15) is 13.8 Å². The number of azo groups is 1. The van der Waals surface area contributed by atoms with E-state index in [1.807, 2.05) is 0 Å². The minimum absolute atomic E-state index is 0.0194. The van der Waals surface area contributed by atoms with Gasteiger partial charge in [0, 0.05) is 12.1 Å². The number of Topliss-reactive ketones (excluding diaryl/α,β-unsaturated/α-hetero) is 1. The summed E-state index contributed by atoms with van der Waals surface area (Å²) in [6.45, 7) is 3.10. The van der Waals surface area contributed by atoms with Crippen molar-refractivity contribution in [2.24, 2.45) is 15.2 Å². The standard InChI is InChI=1S/C11H10N4O3/c1-7-11(12-7,8(2)16)14-13-9-3-5-10(6-4-9)15(17)18/h3-6H,1-2H3. The second kappa shape index (κ2) is 4.10. The number of nitro groups is 1. The van der Waals surface area contributed by atoms with E-state index in [2.05, 4.69) is 15.2 Å². The summed E-state index contributed by atoms with van der Waals surface area (Å²) in [4.78, 5) is 25.3. The minimum atomic E-state index is -1.12. The number of benzene rings is 1. The number of hydrogen-bond acceptors (Lipinski definition) is 6. The molecule has 1 aromatic rings. The number of non-ortho nitro benzene ring substituents is 1. The van der Waals surface area contributed by atoms with E-state index in [0.717, 1.165) is 0 Å². The summed E-state index contributed by atoms with van der Waals surface area (Å²) in [6.07, 6.45) is 0. The van der Waals surface area contributed by atoms with Gasteiger partial charge in [-0.2, -0.15) is 5.11 Å². The van der Waals surface area contributed by atoms with Crippen LogP contribution in [0.4, 0.5) is 11.4 Å². The van der Waals surface area contributed by atoms with Crippen LogP contribution in [0.3, 0.4) is 0 Å². The third-order valence-corrected chi connectivity index (χ3v) is 2.65. The van der Waals surface area contributed by atoms with Gasteiger partial charge in [-0.25, -0.2) is 4.99 Å². The molecular formula is C11H10N4O3. The first-order chi connectivity index (χ1) is 8.45. The van der Waals surface area contributed by atoms with Crippen molar-refractivity contribution in [1.29, 1.82) is 0 Å². The maximum atomic E-state index is 11.3. The van der Waals surface area contributed by atoms with Crippen molar-refractivity contribution < 1.29 is 9.72 Å². The summed E-state index contributed by atoms with van der Waals surface area (Å²) in [7, 11) is 0. The Balaban J connectivity index is 2.15. The van der Waals surface area contributed by atoms with Crippen LogP contribution in [0.2, 0.25) is 0 Å². The highest BCUT2D eigenvalue weighted by molar-refractivity contribution is 6.21. The first-order valence-electron chi connectivity index (χ1n) is 5.21. The van der Waals surface area contributed by atoms with E-state index in [9.17, 15) is 14.9 Å². The normalized spacial score (nSPS) is 21.8. The smallest absolute Gasteiger partial charge is 0.269 e. The van der Waals surface area contributed by atoms with Crippen LogP contribution in [0.5, 0.6) is 0 Å². The van der Waals surface area contributed by atoms with Gasteiger partial charge in [-0.05, 0) is 26.0 Å². The van der Waals surface area contributed by atoms with Gasteiger partial charge in [-0.15, -0.1) is 5.11 Å². The van der Waals surface area contributed by atoms with Crippen molar-refractivity contribution in [3.63, 3.8) is 0 Å². The molecule has 92 valence electrons.